The van der Waals surface area contributed by atoms with Crippen molar-refractivity contribution in [3.63, 3.8) is 0 Å². The van der Waals surface area contributed by atoms with Crippen molar-refractivity contribution in [3.05, 3.63) is 59.2 Å². The molecule has 0 saturated carbocycles. The van der Waals surface area contributed by atoms with Gasteiger partial charge in [0.2, 0.25) is 0 Å². The Hall–Kier alpha value is -0.796. The van der Waals surface area contributed by atoms with E-state index in [0.717, 1.165) is 28.8 Å². The van der Waals surface area contributed by atoms with Gasteiger partial charge in [-0.25, -0.2) is 0 Å². The second-order valence-electron chi connectivity index (χ2n) is 5.63. The van der Waals surface area contributed by atoms with Gasteiger partial charge in [0, 0.05) is 11.8 Å². The van der Waals surface area contributed by atoms with Gasteiger partial charge in [-0.1, -0.05) is 38.1 Å². The first kappa shape index (κ1) is 20.2. The number of aliphatic imine (C=N–C) groups is 1. The van der Waals surface area contributed by atoms with Gasteiger partial charge in [-0.2, -0.15) is 0 Å². The molecule has 2 aromatic carbocycles. The van der Waals surface area contributed by atoms with Gasteiger partial charge in [0.15, 0.2) is 0 Å². The summed E-state index contributed by atoms with van der Waals surface area (Å²) in [5, 5.41) is 10.3. The quantitative estimate of drug-likeness (QED) is 0.505. The number of para-hydroxylation sites is 1. The van der Waals surface area contributed by atoms with Gasteiger partial charge in [0.05, 0.1) is 5.69 Å². The molecule has 0 radical (unpaired) electrons. The summed E-state index contributed by atoms with van der Waals surface area (Å²) < 4.78 is 0. The topological polar surface area (TPSA) is 32.6 Å². The van der Waals surface area contributed by atoms with Crippen molar-refractivity contribution in [2.75, 3.05) is 0 Å². The van der Waals surface area contributed by atoms with Gasteiger partial charge in [-0.15, -0.1) is 0 Å². The first-order valence-corrected chi connectivity index (χ1v) is 11.7. The van der Waals surface area contributed by atoms with Crippen LogP contribution in [0.25, 0.3) is 0 Å². The van der Waals surface area contributed by atoms with Crippen molar-refractivity contribution in [1.29, 1.82) is 0 Å². The number of aryl methyl sites for hydroxylation is 1. The maximum absolute atomic E-state index is 10.3. The Balaban J connectivity index is 0.000000816. The monoisotopic (exact) mass is 385 g/mol. The zero-order valence-electron chi connectivity index (χ0n) is 13.6. The van der Waals surface area contributed by atoms with E-state index in [4.69, 9.17) is 18.6 Å². The average molecular weight is 386 g/mol. The van der Waals surface area contributed by atoms with Crippen LogP contribution in [0, 0.1) is 12.8 Å². The minimum absolute atomic E-state index is 0.351. The second kappa shape index (κ2) is 10.9. The van der Waals surface area contributed by atoms with Crippen molar-refractivity contribution >= 4 is 30.5 Å². The SMILES string of the molecule is Cc1cc(C=Nc2ccccc2)c(O)c(CC(C)C)c1.[Cl][Ti][Cl]. The van der Waals surface area contributed by atoms with Gasteiger partial charge < -0.3 is 5.11 Å². The third-order valence-electron chi connectivity index (χ3n) is 3.10. The van der Waals surface area contributed by atoms with Crippen molar-refractivity contribution < 1.29 is 22.1 Å². The molecule has 0 aliphatic carbocycles. The molecule has 2 rings (SSSR count). The van der Waals surface area contributed by atoms with Gasteiger partial charge >= 0.3 is 35.6 Å². The molecule has 0 heterocycles. The van der Waals surface area contributed by atoms with Crippen LogP contribution in [-0.4, -0.2) is 11.3 Å². The molecule has 0 spiro atoms. The molecule has 0 unspecified atom stereocenters. The van der Waals surface area contributed by atoms with Crippen LogP contribution >= 0.6 is 18.6 Å². The van der Waals surface area contributed by atoms with E-state index in [9.17, 15) is 5.11 Å². The summed E-state index contributed by atoms with van der Waals surface area (Å²) in [7, 11) is 9.78. The van der Waals surface area contributed by atoms with Crippen LogP contribution < -0.4 is 0 Å². The van der Waals surface area contributed by atoms with Crippen molar-refractivity contribution in [1.82, 2.24) is 0 Å². The maximum atomic E-state index is 10.3. The standard InChI is InChI=1S/C18H21NO.2ClH.Ti/c1-13(2)9-15-10-14(3)11-16(18(15)20)12-19-17-7-5-4-6-8-17;;;/h4-8,10-13,20H,9H2,1-3H3;2*1H;/q;;;+2/p-2. The van der Waals surface area contributed by atoms with E-state index < -0.39 is 17.0 Å². The Bertz CT molecular complexity index is 630. The van der Waals surface area contributed by atoms with Crippen LogP contribution in [-0.2, 0) is 23.5 Å². The average Bonchev–Trinajstić information content (AvgIpc) is 2.50. The number of rotatable bonds is 4. The molecule has 5 heteroatoms. The summed E-state index contributed by atoms with van der Waals surface area (Å²) in [5.41, 5.74) is 3.81. The van der Waals surface area contributed by atoms with E-state index >= 15 is 0 Å². The zero-order chi connectivity index (χ0) is 17.2. The number of nitrogens with zero attached hydrogens (tertiary/aromatic N) is 1. The number of hydrogen-bond donors (Lipinski definition) is 1. The van der Waals surface area contributed by atoms with E-state index in [2.05, 4.69) is 24.9 Å². The number of aromatic hydroxyl groups is 1. The van der Waals surface area contributed by atoms with Gasteiger partial charge in [-0.3, -0.25) is 4.99 Å². The Kier molecular flexibility index (Phi) is 9.58. The number of hydrogen-bond acceptors (Lipinski definition) is 2. The molecule has 23 heavy (non-hydrogen) atoms. The normalized spacial score (nSPS) is 10.5. The van der Waals surface area contributed by atoms with Crippen molar-refractivity contribution in [3.8, 4) is 5.75 Å². The van der Waals surface area contributed by atoms with Crippen LogP contribution in [0.1, 0.15) is 30.5 Å². The summed E-state index contributed by atoms with van der Waals surface area (Å²) in [4.78, 5) is 4.41. The molecule has 1 N–H and O–H groups in total. The van der Waals surface area contributed by atoms with Crippen LogP contribution in [0.15, 0.2) is 47.5 Å². The first-order valence-electron chi connectivity index (χ1n) is 7.35. The van der Waals surface area contributed by atoms with Crippen molar-refractivity contribution in [2.45, 2.75) is 27.2 Å². The molecule has 122 valence electrons. The van der Waals surface area contributed by atoms with Crippen LogP contribution in [0.2, 0.25) is 0 Å². The summed E-state index contributed by atoms with van der Waals surface area (Å²) >= 11 is -0.556. The molecule has 0 aliphatic heterocycles. The number of halogens is 2. The summed E-state index contributed by atoms with van der Waals surface area (Å²) in [5.74, 6) is 0.866. The van der Waals surface area contributed by atoms with Gasteiger partial charge in [0.1, 0.15) is 5.75 Å². The molecule has 2 aromatic rings. The fourth-order valence-corrected chi connectivity index (χ4v) is 2.24. The van der Waals surface area contributed by atoms with Crippen LogP contribution in [0.5, 0.6) is 5.75 Å². The Morgan fingerprint density at radius 3 is 2.35 bits per heavy atom. The summed E-state index contributed by atoms with van der Waals surface area (Å²) in [6.45, 7) is 6.35. The van der Waals surface area contributed by atoms with E-state index in [1.54, 1.807) is 6.21 Å². The predicted octanol–water partition coefficient (Wildman–Crippen LogP) is 6.03. The second-order valence-corrected chi connectivity index (χ2v) is 8.20. The molecule has 0 bridgehead atoms. The molecule has 2 nitrogen and oxygen atoms in total. The third-order valence-corrected chi connectivity index (χ3v) is 3.10. The molecule has 0 atom stereocenters. The summed E-state index contributed by atoms with van der Waals surface area (Å²) in [6, 6.07) is 13.8. The molecule has 0 aromatic heterocycles. The third kappa shape index (κ3) is 7.54. The van der Waals surface area contributed by atoms with E-state index in [1.165, 1.54) is 0 Å². The molecule has 0 saturated heterocycles. The van der Waals surface area contributed by atoms with Crippen LogP contribution in [0.3, 0.4) is 0 Å². The molecule has 0 amide bonds. The van der Waals surface area contributed by atoms with E-state index in [1.807, 2.05) is 43.3 Å². The fraction of sp³-hybridized carbons (Fsp3) is 0.278. The van der Waals surface area contributed by atoms with Crippen LogP contribution in [0.4, 0.5) is 5.69 Å². The van der Waals surface area contributed by atoms with E-state index in [0.29, 0.717) is 11.7 Å². The molecular weight excluding hydrogens is 365 g/mol. The Labute approximate surface area is 155 Å². The summed E-state index contributed by atoms with van der Waals surface area (Å²) in [6.07, 6.45) is 2.61. The Morgan fingerprint density at radius 1 is 1.17 bits per heavy atom. The zero-order valence-corrected chi connectivity index (χ0v) is 16.6. The van der Waals surface area contributed by atoms with E-state index in [-0.39, 0.29) is 0 Å². The Morgan fingerprint density at radius 2 is 1.78 bits per heavy atom. The molecule has 0 fully saturated rings. The number of phenols is 1. The van der Waals surface area contributed by atoms with Gasteiger partial charge in [-0.05, 0) is 48.6 Å². The number of phenolic OH excluding ortho intramolecular Hbond substituents is 1. The number of benzene rings is 2. The first-order chi connectivity index (χ1) is 11.0. The molecule has 0 aliphatic rings. The predicted molar refractivity (Wildman–Crippen MR) is 96.8 cm³/mol. The fourth-order valence-electron chi connectivity index (χ4n) is 2.24. The molecular formula is C18H21Cl2NOTi. The minimum atomic E-state index is -0.556. The van der Waals surface area contributed by atoms with Gasteiger partial charge in [0.25, 0.3) is 0 Å². The van der Waals surface area contributed by atoms with Crippen molar-refractivity contribution in [2.24, 2.45) is 10.9 Å².